The lowest BCUT2D eigenvalue weighted by Gasteiger charge is -2.16. The highest BCUT2D eigenvalue weighted by Crippen LogP contribution is 2.34. The third kappa shape index (κ3) is 2.93. The summed E-state index contributed by atoms with van der Waals surface area (Å²) in [5, 5.41) is 5.54. The predicted molar refractivity (Wildman–Crippen MR) is 105 cm³/mol. The maximum Gasteiger partial charge on any atom is 0.269 e. The molecule has 2 aromatic heterocycles. The second-order valence-electron chi connectivity index (χ2n) is 6.05. The Hall–Kier alpha value is -2.86. The SMILES string of the molecule is C[C@H](Sc1nc2c(cnn2C)c(=O)n1-c1ccccc1)c1ccccc1. The Kier molecular flexibility index (Phi) is 4.34. The maximum atomic E-state index is 13.1. The zero-order valence-electron chi connectivity index (χ0n) is 14.5. The summed E-state index contributed by atoms with van der Waals surface area (Å²) in [6.45, 7) is 2.12. The van der Waals surface area contributed by atoms with Gasteiger partial charge in [0.25, 0.3) is 5.56 Å². The minimum Gasteiger partial charge on any atom is -0.268 e. The van der Waals surface area contributed by atoms with Gasteiger partial charge in [0.2, 0.25) is 0 Å². The lowest BCUT2D eigenvalue weighted by atomic mass is 10.2. The van der Waals surface area contributed by atoms with Crippen LogP contribution in [-0.4, -0.2) is 19.3 Å². The molecule has 0 aliphatic carbocycles. The second-order valence-corrected chi connectivity index (χ2v) is 7.35. The quantitative estimate of drug-likeness (QED) is 0.407. The van der Waals surface area contributed by atoms with Crippen LogP contribution in [0, 0.1) is 0 Å². The first-order chi connectivity index (χ1) is 12.6. The van der Waals surface area contributed by atoms with E-state index >= 15 is 0 Å². The molecule has 0 spiro atoms. The molecule has 1 atom stereocenters. The van der Waals surface area contributed by atoms with E-state index in [4.69, 9.17) is 4.98 Å². The van der Waals surface area contributed by atoms with Crippen LogP contribution in [-0.2, 0) is 7.05 Å². The highest BCUT2D eigenvalue weighted by atomic mass is 32.2. The minimum absolute atomic E-state index is 0.0999. The predicted octanol–water partition coefficient (Wildman–Crippen LogP) is 3.97. The molecular weight excluding hydrogens is 344 g/mol. The number of benzene rings is 2. The molecule has 0 radical (unpaired) electrons. The van der Waals surface area contributed by atoms with E-state index in [2.05, 4.69) is 24.2 Å². The monoisotopic (exact) mass is 362 g/mol. The minimum atomic E-state index is -0.0999. The smallest absolute Gasteiger partial charge is 0.268 e. The fourth-order valence-electron chi connectivity index (χ4n) is 2.90. The van der Waals surface area contributed by atoms with Gasteiger partial charge >= 0.3 is 0 Å². The Bertz CT molecular complexity index is 1100. The van der Waals surface area contributed by atoms with Crippen molar-refractivity contribution in [3.05, 3.63) is 82.8 Å². The highest BCUT2D eigenvalue weighted by molar-refractivity contribution is 7.99. The van der Waals surface area contributed by atoms with Gasteiger partial charge in [0.15, 0.2) is 10.8 Å². The van der Waals surface area contributed by atoms with Crippen LogP contribution in [0.5, 0.6) is 0 Å². The lowest BCUT2D eigenvalue weighted by molar-refractivity contribution is 0.757. The molecule has 0 saturated carbocycles. The van der Waals surface area contributed by atoms with Crippen molar-refractivity contribution in [1.29, 1.82) is 0 Å². The third-order valence-electron chi connectivity index (χ3n) is 4.30. The number of nitrogens with zero attached hydrogens (tertiary/aromatic N) is 4. The third-order valence-corrected chi connectivity index (χ3v) is 5.41. The molecule has 0 fully saturated rings. The Balaban J connectivity index is 1.89. The number of thioether (sulfide) groups is 1. The van der Waals surface area contributed by atoms with Crippen molar-refractivity contribution in [3.63, 3.8) is 0 Å². The molecule has 26 heavy (non-hydrogen) atoms. The van der Waals surface area contributed by atoms with Crippen molar-refractivity contribution in [2.24, 2.45) is 7.05 Å². The maximum absolute atomic E-state index is 13.1. The van der Waals surface area contributed by atoms with Crippen LogP contribution < -0.4 is 5.56 Å². The summed E-state index contributed by atoms with van der Waals surface area (Å²) in [5.41, 5.74) is 2.50. The Labute approximate surface area is 155 Å². The van der Waals surface area contributed by atoms with E-state index in [1.807, 2.05) is 48.5 Å². The van der Waals surface area contributed by atoms with Gasteiger partial charge in [0, 0.05) is 12.3 Å². The molecule has 5 nitrogen and oxygen atoms in total. The lowest BCUT2D eigenvalue weighted by Crippen LogP contribution is -2.22. The number of fused-ring (bicyclic) bond motifs is 1. The number of para-hydroxylation sites is 1. The first-order valence-electron chi connectivity index (χ1n) is 8.37. The van der Waals surface area contributed by atoms with Crippen molar-refractivity contribution in [2.45, 2.75) is 17.3 Å². The van der Waals surface area contributed by atoms with Crippen molar-refractivity contribution in [1.82, 2.24) is 19.3 Å². The van der Waals surface area contributed by atoms with Gasteiger partial charge in [-0.2, -0.15) is 5.10 Å². The average molecular weight is 362 g/mol. The molecule has 2 heterocycles. The summed E-state index contributed by atoms with van der Waals surface area (Å²) in [6, 6.07) is 19.8. The summed E-state index contributed by atoms with van der Waals surface area (Å²) < 4.78 is 3.32. The van der Waals surface area contributed by atoms with Crippen LogP contribution in [0.2, 0.25) is 0 Å². The van der Waals surface area contributed by atoms with E-state index in [9.17, 15) is 4.79 Å². The van der Waals surface area contributed by atoms with Crippen LogP contribution in [0.15, 0.2) is 76.8 Å². The number of hydrogen-bond donors (Lipinski definition) is 0. The van der Waals surface area contributed by atoms with Gasteiger partial charge in [-0.25, -0.2) is 4.98 Å². The van der Waals surface area contributed by atoms with Crippen LogP contribution in [0.25, 0.3) is 16.7 Å². The second kappa shape index (κ2) is 6.80. The largest absolute Gasteiger partial charge is 0.269 e. The molecule has 0 bridgehead atoms. The molecule has 4 aromatic rings. The van der Waals surface area contributed by atoms with E-state index < -0.39 is 0 Å². The molecule has 0 saturated heterocycles. The summed E-state index contributed by atoms with van der Waals surface area (Å²) in [4.78, 5) is 17.9. The molecule has 0 aliphatic heterocycles. The van der Waals surface area contributed by atoms with Crippen molar-refractivity contribution in [2.75, 3.05) is 0 Å². The Morgan fingerprint density at radius 1 is 1.00 bits per heavy atom. The molecule has 130 valence electrons. The standard InChI is InChI=1S/C20H18N4OS/c1-14(15-9-5-3-6-10-15)26-20-22-18-17(13-21-23(18)2)19(25)24(20)16-11-7-4-8-12-16/h3-14H,1-2H3/t14-/m0/s1. The van der Waals surface area contributed by atoms with Gasteiger partial charge in [0.1, 0.15) is 5.39 Å². The molecular formula is C20H18N4OS. The van der Waals surface area contributed by atoms with Crippen molar-refractivity contribution >= 4 is 22.8 Å². The van der Waals surface area contributed by atoms with E-state index in [0.29, 0.717) is 16.2 Å². The summed E-state index contributed by atoms with van der Waals surface area (Å²) in [5.74, 6) is 0. The average Bonchev–Trinajstić information content (AvgIpc) is 3.04. The summed E-state index contributed by atoms with van der Waals surface area (Å²) in [6.07, 6.45) is 1.58. The summed E-state index contributed by atoms with van der Waals surface area (Å²) in [7, 11) is 1.80. The molecule has 2 aromatic carbocycles. The fourth-order valence-corrected chi connectivity index (χ4v) is 3.94. The number of aryl methyl sites for hydroxylation is 1. The van der Waals surface area contributed by atoms with Gasteiger partial charge < -0.3 is 0 Å². The van der Waals surface area contributed by atoms with Crippen molar-refractivity contribution < 1.29 is 0 Å². The normalized spacial score (nSPS) is 12.4. The fraction of sp³-hybridized carbons (Fsp3) is 0.150. The van der Waals surface area contributed by atoms with Crippen molar-refractivity contribution in [3.8, 4) is 5.69 Å². The zero-order chi connectivity index (χ0) is 18.1. The number of hydrogen-bond acceptors (Lipinski definition) is 4. The number of aromatic nitrogens is 4. The number of rotatable bonds is 4. The molecule has 6 heteroatoms. The molecule has 0 amide bonds. The highest BCUT2D eigenvalue weighted by Gasteiger charge is 2.18. The first-order valence-corrected chi connectivity index (χ1v) is 9.25. The van der Waals surface area contributed by atoms with Crippen LogP contribution in [0.4, 0.5) is 0 Å². The summed E-state index contributed by atoms with van der Waals surface area (Å²) >= 11 is 1.57. The van der Waals surface area contributed by atoms with E-state index in [1.165, 1.54) is 5.56 Å². The molecule has 0 unspecified atom stereocenters. The van der Waals surface area contributed by atoms with E-state index in [0.717, 1.165) is 5.69 Å². The van der Waals surface area contributed by atoms with Crippen LogP contribution in [0.3, 0.4) is 0 Å². The topological polar surface area (TPSA) is 52.7 Å². The molecule has 4 rings (SSSR count). The van der Waals surface area contributed by atoms with E-state index in [1.54, 1.807) is 34.3 Å². The Morgan fingerprint density at radius 2 is 1.65 bits per heavy atom. The van der Waals surface area contributed by atoms with E-state index in [-0.39, 0.29) is 10.8 Å². The zero-order valence-corrected chi connectivity index (χ0v) is 15.4. The molecule has 0 N–H and O–H groups in total. The Morgan fingerprint density at radius 3 is 2.35 bits per heavy atom. The van der Waals surface area contributed by atoms with Gasteiger partial charge in [-0.1, -0.05) is 60.3 Å². The van der Waals surface area contributed by atoms with Gasteiger partial charge in [0.05, 0.1) is 11.9 Å². The first kappa shape index (κ1) is 16.6. The van der Waals surface area contributed by atoms with Crippen LogP contribution >= 0.6 is 11.8 Å². The van der Waals surface area contributed by atoms with Crippen LogP contribution in [0.1, 0.15) is 17.7 Å². The molecule has 0 aliphatic rings. The van der Waals surface area contributed by atoms with Gasteiger partial charge in [-0.15, -0.1) is 0 Å². The van der Waals surface area contributed by atoms with Gasteiger partial charge in [-0.05, 0) is 24.6 Å². The van der Waals surface area contributed by atoms with Gasteiger partial charge in [-0.3, -0.25) is 14.0 Å².